The summed E-state index contributed by atoms with van der Waals surface area (Å²) in [5.74, 6) is 0.167. The zero-order valence-corrected chi connectivity index (χ0v) is 15.8. The Kier molecular flexibility index (Phi) is 5.79. The number of halogens is 3. The van der Waals surface area contributed by atoms with Crippen molar-refractivity contribution in [2.24, 2.45) is 7.05 Å². The highest BCUT2D eigenvalue weighted by Gasteiger charge is 2.19. The van der Waals surface area contributed by atoms with E-state index >= 15 is 0 Å². The SMILES string of the molecule is Cn1c(C(=O)Nc2cc(Cl)ccc2OC[C@@H]2CCCO2)cc(Cl)c1Cl. The molecule has 5 nitrogen and oxygen atoms in total. The van der Waals surface area contributed by atoms with Crippen LogP contribution in [0.5, 0.6) is 5.75 Å². The summed E-state index contributed by atoms with van der Waals surface area (Å²) in [6.45, 7) is 1.18. The summed E-state index contributed by atoms with van der Waals surface area (Å²) in [4.78, 5) is 12.6. The third-order valence-electron chi connectivity index (χ3n) is 3.99. The van der Waals surface area contributed by atoms with Crippen LogP contribution in [0.15, 0.2) is 24.3 Å². The molecule has 1 aromatic carbocycles. The summed E-state index contributed by atoms with van der Waals surface area (Å²) >= 11 is 18.0. The van der Waals surface area contributed by atoms with Crippen molar-refractivity contribution in [2.45, 2.75) is 18.9 Å². The number of ether oxygens (including phenoxy) is 2. The highest BCUT2D eigenvalue weighted by Crippen LogP contribution is 2.31. The first-order valence-corrected chi connectivity index (χ1v) is 8.95. The predicted octanol–water partition coefficient (Wildman–Crippen LogP) is 4.80. The topological polar surface area (TPSA) is 52.5 Å². The van der Waals surface area contributed by atoms with Gasteiger partial charge in [0.1, 0.15) is 23.2 Å². The lowest BCUT2D eigenvalue weighted by Gasteiger charge is -2.15. The maximum atomic E-state index is 12.6. The molecule has 2 heterocycles. The minimum atomic E-state index is -0.361. The second-order valence-corrected chi connectivity index (χ2v) is 6.97. The van der Waals surface area contributed by atoms with Gasteiger partial charge < -0.3 is 19.4 Å². The van der Waals surface area contributed by atoms with Crippen molar-refractivity contribution in [2.75, 3.05) is 18.5 Å². The fourth-order valence-corrected chi connectivity index (χ4v) is 3.18. The molecule has 25 heavy (non-hydrogen) atoms. The van der Waals surface area contributed by atoms with Gasteiger partial charge in [0.2, 0.25) is 0 Å². The van der Waals surface area contributed by atoms with E-state index in [1.807, 2.05) is 0 Å². The van der Waals surface area contributed by atoms with Crippen LogP contribution >= 0.6 is 34.8 Å². The van der Waals surface area contributed by atoms with Gasteiger partial charge in [0.15, 0.2) is 0 Å². The highest BCUT2D eigenvalue weighted by atomic mass is 35.5. The van der Waals surface area contributed by atoms with E-state index < -0.39 is 0 Å². The minimum Gasteiger partial charge on any atom is -0.489 e. The van der Waals surface area contributed by atoms with Crippen molar-refractivity contribution in [3.05, 3.63) is 45.2 Å². The summed E-state index contributed by atoms with van der Waals surface area (Å²) in [5.41, 5.74) is 0.809. The van der Waals surface area contributed by atoms with E-state index in [1.165, 1.54) is 10.6 Å². The Morgan fingerprint density at radius 1 is 1.36 bits per heavy atom. The van der Waals surface area contributed by atoms with Crippen molar-refractivity contribution < 1.29 is 14.3 Å². The van der Waals surface area contributed by atoms with Crippen LogP contribution in [0.3, 0.4) is 0 Å². The molecule has 8 heteroatoms. The number of rotatable bonds is 5. The molecule has 2 aromatic rings. The number of nitrogens with zero attached hydrogens (tertiary/aromatic N) is 1. The van der Waals surface area contributed by atoms with E-state index in [0.717, 1.165) is 19.4 Å². The van der Waals surface area contributed by atoms with Crippen LogP contribution in [0, 0.1) is 0 Å². The molecule has 1 atom stereocenters. The zero-order valence-electron chi connectivity index (χ0n) is 13.5. The van der Waals surface area contributed by atoms with Gasteiger partial charge in [-0.25, -0.2) is 0 Å². The molecule has 1 fully saturated rings. The Balaban J connectivity index is 1.77. The van der Waals surface area contributed by atoms with Gasteiger partial charge in [-0.15, -0.1) is 0 Å². The average Bonchev–Trinajstić information content (AvgIpc) is 3.18. The summed E-state index contributed by atoms with van der Waals surface area (Å²) < 4.78 is 12.9. The molecule has 1 amide bonds. The van der Waals surface area contributed by atoms with Gasteiger partial charge in [0.25, 0.3) is 5.91 Å². The molecule has 134 valence electrons. The van der Waals surface area contributed by atoms with E-state index in [-0.39, 0.29) is 12.0 Å². The van der Waals surface area contributed by atoms with Crippen LogP contribution in [-0.2, 0) is 11.8 Å². The van der Waals surface area contributed by atoms with Crippen molar-refractivity contribution in [3.63, 3.8) is 0 Å². The van der Waals surface area contributed by atoms with Crippen molar-refractivity contribution >= 4 is 46.4 Å². The number of amides is 1. The van der Waals surface area contributed by atoms with E-state index in [2.05, 4.69) is 5.32 Å². The van der Waals surface area contributed by atoms with Crippen LogP contribution in [0.1, 0.15) is 23.3 Å². The highest BCUT2D eigenvalue weighted by molar-refractivity contribution is 6.42. The van der Waals surface area contributed by atoms with Crippen LogP contribution in [-0.4, -0.2) is 29.8 Å². The fourth-order valence-electron chi connectivity index (χ4n) is 2.63. The maximum absolute atomic E-state index is 12.6. The molecule has 0 unspecified atom stereocenters. The van der Waals surface area contributed by atoms with Crippen molar-refractivity contribution in [3.8, 4) is 5.75 Å². The Hall–Kier alpha value is -1.40. The van der Waals surface area contributed by atoms with Gasteiger partial charge >= 0.3 is 0 Å². The molecule has 1 N–H and O–H groups in total. The normalized spacial score (nSPS) is 16.9. The molecule has 0 radical (unpaired) electrons. The monoisotopic (exact) mass is 402 g/mol. The molecular weight excluding hydrogens is 387 g/mol. The second-order valence-electron chi connectivity index (χ2n) is 5.77. The zero-order chi connectivity index (χ0) is 18.0. The van der Waals surface area contributed by atoms with Crippen molar-refractivity contribution in [1.82, 2.24) is 4.57 Å². The number of carbonyl (C=O) groups is 1. The molecule has 3 rings (SSSR count). The van der Waals surface area contributed by atoms with E-state index in [1.54, 1.807) is 25.2 Å². The molecule has 0 bridgehead atoms. The van der Waals surface area contributed by atoms with Crippen LogP contribution in [0.2, 0.25) is 15.2 Å². The first kappa shape index (κ1) is 18.4. The van der Waals surface area contributed by atoms with E-state index in [9.17, 15) is 4.79 Å². The molecule has 0 aliphatic carbocycles. The third kappa shape index (κ3) is 4.23. The number of anilines is 1. The Morgan fingerprint density at radius 2 is 2.16 bits per heavy atom. The third-order valence-corrected chi connectivity index (χ3v) is 5.06. The lowest BCUT2D eigenvalue weighted by Crippen LogP contribution is -2.19. The number of hydrogen-bond acceptors (Lipinski definition) is 3. The Bertz CT molecular complexity index is 786. The van der Waals surface area contributed by atoms with Crippen LogP contribution < -0.4 is 10.1 Å². The minimum absolute atomic E-state index is 0.0738. The second kappa shape index (κ2) is 7.87. The molecule has 1 saturated heterocycles. The number of carbonyl (C=O) groups excluding carboxylic acids is 1. The van der Waals surface area contributed by atoms with Gasteiger partial charge in [0.05, 0.1) is 16.8 Å². The van der Waals surface area contributed by atoms with Crippen LogP contribution in [0.25, 0.3) is 0 Å². The van der Waals surface area contributed by atoms with Crippen molar-refractivity contribution in [1.29, 1.82) is 0 Å². The average molecular weight is 404 g/mol. The molecule has 1 aliphatic heterocycles. The Morgan fingerprint density at radius 3 is 2.80 bits per heavy atom. The van der Waals surface area contributed by atoms with Crippen LogP contribution in [0.4, 0.5) is 5.69 Å². The number of nitrogens with one attached hydrogen (secondary N) is 1. The smallest absolute Gasteiger partial charge is 0.272 e. The first-order chi connectivity index (χ1) is 12.0. The number of benzene rings is 1. The van der Waals surface area contributed by atoms with Gasteiger partial charge in [-0.1, -0.05) is 34.8 Å². The van der Waals surface area contributed by atoms with Gasteiger partial charge in [-0.05, 0) is 37.1 Å². The molecule has 0 spiro atoms. The van der Waals surface area contributed by atoms with E-state index in [4.69, 9.17) is 44.3 Å². The number of hydrogen-bond donors (Lipinski definition) is 1. The van der Waals surface area contributed by atoms with E-state index in [0.29, 0.717) is 38.9 Å². The predicted molar refractivity (Wildman–Crippen MR) is 99.3 cm³/mol. The summed E-state index contributed by atoms with van der Waals surface area (Å²) in [6, 6.07) is 6.57. The maximum Gasteiger partial charge on any atom is 0.272 e. The number of aromatic nitrogens is 1. The fraction of sp³-hybridized carbons (Fsp3) is 0.353. The quantitative estimate of drug-likeness (QED) is 0.780. The molecular formula is C17H17Cl3N2O3. The largest absolute Gasteiger partial charge is 0.489 e. The lowest BCUT2D eigenvalue weighted by molar-refractivity contribution is 0.0682. The summed E-state index contributed by atoms with van der Waals surface area (Å²) in [7, 11) is 1.66. The molecule has 1 aliphatic rings. The standard InChI is InChI=1S/C17H17Cl3N2O3/c1-22-14(8-12(19)16(22)20)17(23)21-13-7-10(18)4-5-15(13)25-9-11-3-2-6-24-11/h4-5,7-8,11H,2-3,6,9H2,1H3,(H,21,23)/t11-/m0/s1. The lowest BCUT2D eigenvalue weighted by atomic mass is 10.2. The summed E-state index contributed by atoms with van der Waals surface area (Å²) in [5, 5.41) is 3.90. The van der Waals surface area contributed by atoms with Gasteiger partial charge in [-0.2, -0.15) is 0 Å². The Labute approximate surface area is 160 Å². The first-order valence-electron chi connectivity index (χ1n) is 7.81. The molecule has 0 saturated carbocycles. The molecule has 1 aromatic heterocycles. The summed E-state index contributed by atoms with van der Waals surface area (Å²) in [6.07, 6.45) is 2.08. The van der Waals surface area contributed by atoms with Gasteiger partial charge in [0, 0.05) is 18.7 Å². The van der Waals surface area contributed by atoms with Gasteiger partial charge in [-0.3, -0.25) is 4.79 Å².